The Morgan fingerprint density at radius 2 is 1.88 bits per heavy atom. The summed E-state index contributed by atoms with van der Waals surface area (Å²) in [7, 11) is 3.47. The Bertz CT molecular complexity index is 594. The van der Waals surface area contributed by atoms with Gasteiger partial charge in [-0.2, -0.15) is 0 Å². The van der Waals surface area contributed by atoms with Gasteiger partial charge in [-0.25, -0.2) is 0 Å². The molecule has 1 heterocycles. The molecule has 1 aromatic carbocycles. The normalized spacial score (nSPS) is 21.6. The van der Waals surface area contributed by atoms with Crippen LogP contribution in [-0.4, -0.2) is 74.1 Å². The van der Waals surface area contributed by atoms with Crippen molar-refractivity contribution in [3.63, 3.8) is 0 Å². The minimum atomic E-state index is -0.449. The molecule has 0 unspecified atom stereocenters. The van der Waals surface area contributed by atoms with Crippen molar-refractivity contribution in [3.05, 3.63) is 35.4 Å². The fraction of sp³-hybridized carbons (Fsp3) is 0.556. The van der Waals surface area contributed by atoms with E-state index in [2.05, 4.69) is 22.3 Å². The van der Waals surface area contributed by atoms with E-state index in [-0.39, 0.29) is 24.5 Å². The fourth-order valence-corrected chi connectivity index (χ4v) is 3.61. The van der Waals surface area contributed by atoms with Gasteiger partial charge in [0.2, 0.25) is 11.8 Å². The van der Waals surface area contributed by atoms with E-state index in [1.165, 1.54) is 18.2 Å². The van der Waals surface area contributed by atoms with Gasteiger partial charge in [-0.1, -0.05) is 24.3 Å². The third kappa shape index (κ3) is 3.60. The second kappa shape index (κ2) is 7.32. The maximum absolute atomic E-state index is 12.8. The number of nitrogens with zero attached hydrogens (tertiary/aromatic N) is 2. The van der Waals surface area contributed by atoms with E-state index in [0.29, 0.717) is 13.1 Å². The van der Waals surface area contributed by atoms with Crippen LogP contribution in [0.3, 0.4) is 0 Å². The minimum Gasteiger partial charge on any atom is -0.375 e. The van der Waals surface area contributed by atoms with Crippen molar-refractivity contribution in [3.8, 4) is 0 Å². The first-order valence-electron chi connectivity index (χ1n) is 8.42. The summed E-state index contributed by atoms with van der Waals surface area (Å²) in [5, 5.41) is 3.14. The lowest BCUT2D eigenvalue weighted by Gasteiger charge is -2.39. The first kappa shape index (κ1) is 16.9. The maximum Gasteiger partial charge on any atom is 0.249 e. The van der Waals surface area contributed by atoms with Gasteiger partial charge in [0.05, 0.1) is 0 Å². The van der Waals surface area contributed by atoms with Crippen LogP contribution < -0.4 is 5.32 Å². The van der Waals surface area contributed by atoms with Crippen LogP contribution in [-0.2, 0) is 27.2 Å². The summed E-state index contributed by atoms with van der Waals surface area (Å²) in [5.41, 5.74) is 2.60. The van der Waals surface area contributed by atoms with Crippen molar-refractivity contribution >= 4 is 11.8 Å². The quantitative estimate of drug-likeness (QED) is 0.847. The number of fused-ring (bicyclic) bond motifs is 1. The van der Waals surface area contributed by atoms with Gasteiger partial charge in [0.25, 0.3) is 0 Å². The highest BCUT2D eigenvalue weighted by Gasteiger charge is 2.35. The molecule has 0 saturated carbocycles. The number of nitrogens with one attached hydrogen (secondary N) is 1. The van der Waals surface area contributed by atoms with Gasteiger partial charge in [-0.15, -0.1) is 0 Å². The molecule has 0 bridgehead atoms. The molecule has 1 N–H and O–H groups in total. The van der Waals surface area contributed by atoms with Crippen LogP contribution in [0, 0.1) is 0 Å². The molecule has 24 heavy (non-hydrogen) atoms. The third-order valence-electron chi connectivity index (χ3n) is 4.87. The highest BCUT2D eigenvalue weighted by Crippen LogP contribution is 2.22. The molecule has 6 nitrogen and oxygen atoms in total. The van der Waals surface area contributed by atoms with Crippen LogP contribution in [0.5, 0.6) is 0 Å². The molecule has 3 rings (SSSR count). The van der Waals surface area contributed by atoms with Crippen molar-refractivity contribution in [1.29, 1.82) is 0 Å². The predicted molar refractivity (Wildman–Crippen MR) is 90.7 cm³/mol. The Morgan fingerprint density at radius 3 is 2.50 bits per heavy atom. The zero-order chi connectivity index (χ0) is 17.1. The van der Waals surface area contributed by atoms with E-state index < -0.39 is 6.04 Å². The summed E-state index contributed by atoms with van der Waals surface area (Å²) in [6.07, 6.45) is 1.72. The summed E-state index contributed by atoms with van der Waals surface area (Å²) in [5.74, 6) is -0.190. The summed E-state index contributed by atoms with van der Waals surface area (Å²) < 4.78 is 4.95. The number of likely N-dealkylation sites (N-methyl/N-ethyl adjacent to an activating group) is 1. The molecule has 0 radical (unpaired) electrons. The lowest BCUT2D eigenvalue weighted by atomic mass is 10.1. The highest BCUT2D eigenvalue weighted by molar-refractivity contribution is 5.88. The number of methoxy groups -OCH3 is 1. The zero-order valence-corrected chi connectivity index (χ0v) is 14.3. The van der Waals surface area contributed by atoms with Crippen molar-refractivity contribution in [1.82, 2.24) is 15.1 Å². The first-order valence-corrected chi connectivity index (χ1v) is 8.42. The second-order valence-corrected chi connectivity index (χ2v) is 6.68. The van der Waals surface area contributed by atoms with E-state index in [0.717, 1.165) is 19.4 Å². The van der Waals surface area contributed by atoms with E-state index in [1.807, 2.05) is 19.2 Å². The van der Waals surface area contributed by atoms with E-state index in [4.69, 9.17) is 4.74 Å². The summed E-state index contributed by atoms with van der Waals surface area (Å²) in [6, 6.07) is 7.96. The Hall–Kier alpha value is -1.92. The third-order valence-corrected chi connectivity index (χ3v) is 4.87. The van der Waals surface area contributed by atoms with Crippen LogP contribution in [0.1, 0.15) is 11.1 Å². The Kier molecular flexibility index (Phi) is 5.16. The molecule has 1 saturated heterocycles. The summed E-state index contributed by atoms with van der Waals surface area (Å²) in [4.78, 5) is 28.8. The second-order valence-electron chi connectivity index (χ2n) is 6.68. The van der Waals surface area contributed by atoms with Crippen LogP contribution in [0.4, 0.5) is 0 Å². The van der Waals surface area contributed by atoms with Gasteiger partial charge >= 0.3 is 0 Å². The standard InChI is InChI=1S/C18H25N3O3/c1-20-7-8-21(17(22)12-24-2)16(11-20)18(23)19-15-9-13-5-3-4-6-14(13)10-15/h3-6,15-16H,7-12H2,1-2H3,(H,19,23)/t16-/m0/s1. The van der Waals surface area contributed by atoms with E-state index in [9.17, 15) is 9.59 Å². The lowest BCUT2D eigenvalue weighted by molar-refractivity contribution is -0.146. The van der Waals surface area contributed by atoms with Crippen LogP contribution >= 0.6 is 0 Å². The molecule has 1 aliphatic heterocycles. The number of piperazine rings is 1. The Labute approximate surface area is 142 Å². The minimum absolute atomic E-state index is 0.0162. The molecule has 6 heteroatoms. The number of ether oxygens (including phenoxy) is 1. The molecule has 130 valence electrons. The van der Waals surface area contributed by atoms with Gasteiger partial charge in [-0.3, -0.25) is 9.59 Å². The largest absolute Gasteiger partial charge is 0.375 e. The van der Waals surface area contributed by atoms with Gasteiger partial charge in [-0.05, 0) is 31.0 Å². The number of benzene rings is 1. The molecular weight excluding hydrogens is 306 g/mol. The SMILES string of the molecule is COCC(=O)N1CCN(C)C[C@H]1C(=O)NC1Cc2ccccc2C1. The smallest absolute Gasteiger partial charge is 0.249 e. The monoisotopic (exact) mass is 331 g/mol. The van der Waals surface area contributed by atoms with Gasteiger partial charge in [0, 0.05) is 32.8 Å². The van der Waals surface area contributed by atoms with E-state index in [1.54, 1.807) is 4.90 Å². The molecule has 1 aromatic rings. The van der Waals surface area contributed by atoms with Crippen LogP contribution in [0.25, 0.3) is 0 Å². The van der Waals surface area contributed by atoms with Crippen molar-refractivity contribution < 1.29 is 14.3 Å². The molecule has 0 spiro atoms. The number of amides is 2. The molecule has 1 fully saturated rings. The number of hydrogen-bond donors (Lipinski definition) is 1. The zero-order valence-electron chi connectivity index (χ0n) is 14.3. The van der Waals surface area contributed by atoms with Gasteiger partial charge in [0.15, 0.2) is 0 Å². The Balaban J connectivity index is 1.65. The van der Waals surface area contributed by atoms with Crippen molar-refractivity contribution in [2.24, 2.45) is 0 Å². The molecule has 2 amide bonds. The first-order chi connectivity index (χ1) is 11.6. The molecule has 2 aliphatic rings. The van der Waals surface area contributed by atoms with Crippen LogP contribution in [0.15, 0.2) is 24.3 Å². The number of hydrogen-bond acceptors (Lipinski definition) is 4. The number of rotatable bonds is 4. The number of carbonyl (C=O) groups is 2. The van der Waals surface area contributed by atoms with Gasteiger partial charge in [0.1, 0.15) is 12.6 Å². The average molecular weight is 331 g/mol. The van der Waals surface area contributed by atoms with E-state index >= 15 is 0 Å². The summed E-state index contributed by atoms with van der Waals surface area (Å²) >= 11 is 0. The average Bonchev–Trinajstić information content (AvgIpc) is 2.97. The fourth-order valence-electron chi connectivity index (χ4n) is 3.61. The molecule has 1 aliphatic carbocycles. The van der Waals surface area contributed by atoms with Crippen LogP contribution in [0.2, 0.25) is 0 Å². The molecule has 1 atom stereocenters. The maximum atomic E-state index is 12.8. The summed E-state index contributed by atoms with van der Waals surface area (Å²) in [6.45, 7) is 1.90. The highest BCUT2D eigenvalue weighted by atomic mass is 16.5. The molecular formula is C18H25N3O3. The topological polar surface area (TPSA) is 61.9 Å². The predicted octanol–water partition coefficient (Wildman–Crippen LogP) is 0.0590. The Morgan fingerprint density at radius 1 is 1.21 bits per heavy atom. The number of carbonyl (C=O) groups excluding carboxylic acids is 2. The van der Waals surface area contributed by atoms with Crippen molar-refractivity contribution in [2.75, 3.05) is 40.4 Å². The lowest BCUT2D eigenvalue weighted by Crippen LogP contribution is -2.61. The van der Waals surface area contributed by atoms with Crippen molar-refractivity contribution in [2.45, 2.75) is 24.9 Å². The molecule has 0 aromatic heterocycles. The van der Waals surface area contributed by atoms with Gasteiger partial charge < -0.3 is 19.9 Å².